The van der Waals surface area contributed by atoms with Crippen LogP contribution < -0.4 is 10.3 Å². The third-order valence-electron chi connectivity index (χ3n) is 2.51. The molecule has 0 unspecified atom stereocenters. The third kappa shape index (κ3) is 2.11. The lowest BCUT2D eigenvalue weighted by molar-refractivity contribution is 0.870. The molecule has 1 aliphatic rings. The van der Waals surface area contributed by atoms with Gasteiger partial charge in [-0.05, 0) is 0 Å². The van der Waals surface area contributed by atoms with E-state index in [0.717, 1.165) is 50.4 Å². The largest absolute Gasteiger partial charge is 0.393 e. The average Bonchev–Trinajstić information content (AvgIpc) is 3.23. The zero-order chi connectivity index (χ0) is 13.4. The van der Waals surface area contributed by atoms with Crippen LogP contribution in [0.15, 0.2) is 31.0 Å². The van der Waals surface area contributed by atoms with Gasteiger partial charge in [0.05, 0.1) is 28.8 Å². The number of hydrogen-bond acceptors (Lipinski definition) is 5. The monoisotopic (exact) mass is 338 g/mol. The molecule has 0 saturated carbocycles. The van der Waals surface area contributed by atoms with Gasteiger partial charge in [0.15, 0.2) is 10.4 Å². The van der Waals surface area contributed by atoms with E-state index in [4.69, 9.17) is 0 Å². The maximum Gasteiger partial charge on any atom is 0.393 e. The molecule has 0 amide bonds. The molecule has 20 heavy (non-hydrogen) atoms. The van der Waals surface area contributed by atoms with Crippen molar-refractivity contribution in [3.05, 3.63) is 31.0 Å². The Kier molecular flexibility index (Phi) is 3.17. The minimum absolute atomic E-state index is 0.889. The quantitative estimate of drug-likeness (QED) is 0.745. The molecule has 0 fully saturated rings. The van der Waals surface area contributed by atoms with Gasteiger partial charge in [-0.15, -0.1) is 0 Å². The molecule has 8 nitrogen and oxygen atoms in total. The highest BCUT2D eigenvalue weighted by Gasteiger charge is 2.25. The summed E-state index contributed by atoms with van der Waals surface area (Å²) in [7, 11) is 3.70. The summed E-state index contributed by atoms with van der Waals surface area (Å²) in [6, 6.07) is 0. The van der Waals surface area contributed by atoms with Crippen LogP contribution in [0.5, 0.6) is 0 Å². The van der Waals surface area contributed by atoms with Crippen molar-refractivity contribution in [3.63, 3.8) is 0 Å². The molecule has 0 aliphatic carbocycles. The highest BCUT2D eigenvalue weighted by Crippen LogP contribution is 2.33. The van der Waals surface area contributed by atoms with Crippen molar-refractivity contribution in [1.29, 1.82) is 0 Å². The second-order valence-electron chi connectivity index (χ2n) is 3.69. The molecule has 3 aromatic rings. The van der Waals surface area contributed by atoms with Crippen LogP contribution in [0.25, 0.3) is 16.8 Å². The number of nitrogens with zero attached hydrogens (tertiary/aromatic N) is 7. The van der Waals surface area contributed by atoms with Crippen molar-refractivity contribution in [2.75, 3.05) is 0 Å². The molecular formula is C8H6N8P4+. The predicted molar refractivity (Wildman–Crippen MR) is 80.7 cm³/mol. The molecule has 4 rings (SSSR count). The van der Waals surface area contributed by atoms with E-state index in [-0.39, 0.29) is 0 Å². The normalized spacial score (nSPS) is 16.0. The summed E-state index contributed by atoms with van der Waals surface area (Å²) in [5, 5.41) is 0. The lowest BCUT2D eigenvalue weighted by atomic mass is 10.7. The summed E-state index contributed by atoms with van der Waals surface area (Å²) in [6.45, 7) is 0. The molecule has 0 spiro atoms. The van der Waals surface area contributed by atoms with Crippen molar-refractivity contribution in [2.45, 2.75) is 0 Å². The van der Waals surface area contributed by atoms with Crippen molar-refractivity contribution in [2.24, 2.45) is 0 Å². The zero-order valence-corrected chi connectivity index (χ0v) is 13.4. The average molecular weight is 338 g/mol. The van der Waals surface area contributed by atoms with Crippen molar-refractivity contribution in [3.8, 4) is 5.55 Å². The van der Waals surface area contributed by atoms with Gasteiger partial charge in [0, 0.05) is 6.20 Å². The van der Waals surface area contributed by atoms with E-state index in [0.29, 0.717) is 0 Å². The van der Waals surface area contributed by atoms with Gasteiger partial charge in [-0.3, -0.25) is 13.2 Å². The van der Waals surface area contributed by atoms with Crippen LogP contribution >= 0.6 is 33.6 Å². The Labute approximate surface area is 120 Å². The molecule has 0 saturated heterocycles. The molecule has 12 heteroatoms. The second-order valence-corrected chi connectivity index (χ2v) is 7.08. The summed E-state index contributed by atoms with van der Waals surface area (Å²) in [4.78, 5) is 8.65. The fraction of sp³-hybridized carbons (Fsp3) is 0. The van der Waals surface area contributed by atoms with Crippen LogP contribution in [0, 0.1) is 0 Å². The van der Waals surface area contributed by atoms with Gasteiger partial charge in [0.1, 0.15) is 21.2 Å². The van der Waals surface area contributed by atoms with E-state index < -0.39 is 0 Å². The highest BCUT2D eigenvalue weighted by molar-refractivity contribution is 7.41. The van der Waals surface area contributed by atoms with Crippen molar-refractivity contribution >= 4 is 44.8 Å². The summed E-state index contributed by atoms with van der Waals surface area (Å²) < 4.78 is 14.3. The van der Waals surface area contributed by atoms with E-state index in [1.165, 1.54) is 0 Å². The van der Waals surface area contributed by atoms with Crippen LogP contribution in [0.3, 0.4) is 0 Å². The number of hydrogen-bond donors (Lipinski definition) is 1. The molecular weight excluding hydrogens is 332 g/mol. The molecule has 0 atom stereocenters. The Morgan fingerprint density at radius 3 is 3.00 bits per heavy atom. The first-order valence-corrected chi connectivity index (χ1v) is 8.87. The molecule has 0 aromatic carbocycles. The van der Waals surface area contributed by atoms with E-state index in [1.54, 1.807) is 18.9 Å². The smallest absolute Gasteiger partial charge is 0.281 e. The standard InChI is InChI=1S/C8H6N8P4/c1-2-15(20-10-1)7-6(12-13-18-7)16-3-9-8(19-16)14-4-11-17-5-14/h1-5,12H/q+1. The third-order valence-corrected chi connectivity index (χ3v) is 5.88. The second kappa shape index (κ2) is 5.16. The lowest BCUT2D eigenvalue weighted by Crippen LogP contribution is -2.12. The van der Waals surface area contributed by atoms with Crippen LogP contribution in [-0.4, -0.2) is 27.7 Å². The minimum atomic E-state index is 0.889. The molecule has 1 radical (unpaired) electrons. The van der Waals surface area contributed by atoms with Gasteiger partial charge < -0.3 is 0 Å². The Balaban J connectivity index is 1.76. The van der Waals surface area contributed by atoms with Gasteiger partial charge in [0.2, 0.25) is 11.3 Å². The van der Waals surface area contributed by atoms with Gasteiger partial charge in [-0.25, -0.2) is 14.5 Å². The SMILES string of the molecule is c1cn(C2=C(n3cnc(-n4cnpc4)p3)N[N+]=P2)pn1. The Morgan fingerprint density at radius 1 is 1.20 bits per heavy atom. The van der Waals surface area contributed by atoms with Crippen LogP contribution in [0.2, 0.25) is 0 Å². The molecule has 3 aromatic heterocycles. The number of aromatic nitrogens is 6. The first-order valence-electron chi connectivity index (χ1n) is 5.46. The van der Waals surface area contributed by atoms with Crippen molar-refractivity contribution in [1.82, 2.24) is 38.0 Å². The summed E-state index contributed by atoms with van der Waals surface area (Å²) in [6.07, 6.45) is 7.33. The minimum Gasteiger partial charge on any atom is -0.281 e. The first-order chi connectivity index (χ1) is 9.92. The summed E-state index contributed by atoms with van der Waals surface area (Å²) in [5.74, 6) is 2.92. The Hall–Kier alpha value is -1.44. The van der Waals surface area contributed by atoms with E-state index in [2.05, 4.69) is 24.8 Å². The molecule has 1 aliphatic heterocycles. The Bertz CT molecular complexity index is 786. The Morgan fingerprint density at radius 2 is 2.20 bits per heavy atom. The maximum atomic E-state index is 4.43. The van der Waals surface area contributed by atoms with Crippen LogP contribution in [-0.2, 0) is 0 Å². The fourth-order valence-corrected chi connectivity index (χ4v) is 4.58. The molecule has 4 heterocycles. The molecule has 1 N–H and O–H groups in total. The van der Waals surface area contributed by atoms with E-state index in [1.807, 2.05) is 25.4 Å². The zero-order valence-electron chi connectivity index (χ0n) is 9.81. The van der Waals surface area contributed by atoms with E-state index in [9.17, 15) is 0 Å². The first kappa shape index (κ1) is 12.3. The molecule has 97 valence electrons. The fourth-order valence-electron chi connectivity index (χ4n) is 1.63. The van der Waals surface area contributed by atoms with Crippen LogP contribution in [0.4, 0.5) is 0 Å². The van der Waals surface area contributed by atoms with Gasteiger partial charge in [-0.1, -0.05) is 5.43 Å². The maximum absolute atomic E-state index is 4.43. The van der Waals surface area contributed by atoms with Gasteiger partial charge in [0.25, 0.3) is 0 Å². The summed E-state index contributed by atoms with van der Waals surface area (Å²) >= 11 is 0. The van der Waals surface area contributed by atoms with Gasteiger partial charge >= 0.3 is 8.37 Å². The van der Waals surface area contributed by atoms with Gasteiger partial charge in [-0.2, -0.15) is 0 Å². The predicted octanol–water partition coefficient (Wildman–Crippen LogP) is 2.73. The van der Waals surface area contributed by atoms with Crippen LogP contribution in [0.1, 0.15) is 0 Å². The molecule has 0 bridgehead atoms. The van der Waals surface area contributed by atoms with E-state index >= 15 is 0 Å². The number of rotatable bonds is 3. The highest BCUT2D eigenvalue weighted by atomic mass is 31.1. The number of nitrogens with one attached hydrogen (secondary N) is 1. The summed E-state index contributed by atoms with van der Waals surface area (Å²) in [5.41, 5.74) is 5.05. The topological polar surface area (TPSA) is 79.6 Å². The lowest BCUT2D eigenvalue weighted by Gasteiger charge is -2.00. The van der Waals surface area contributed by atoms with Crippen molar-refractivity contribution < 1.29 is 0 Å².